The van der Waals surface area contributed by atoms with Gasteiger partial charge in [0.05, 0.1) is 31.9 Å². The lowest BCUT2D eigenvalue weighted by atomic mass is 10.1. The average Bonchev–Trinajstić information content (AvgIpc) is 3.54. The molecule has 9 nitrogen and oxygen atoms in total. The van der Waals surface area contributed by atoms with Crippen molar-refractivity contribution in [3.05, 3.63) is 79.3 Å². The highest BCUT2D eigenvalue weighted by Crippen LogP contribution is 2.35. The van der Waals surface area contributed by atoms with Gasteiger partial charge in [-0.1, -0.05) is 6.07 Å². The van der Waals surface area contributed by atoms with E-state index in [2.05, 4.69) is 5.32 Å². The first kappa shape index (κ1) is 26.6. The Morgan fingerprint density at radius 3 is 2.51 bits per heavy atom. The van der Waals surface area contributed by atoms with Gasteiger partial charge in [-0.05, 0) is 80.1 Å². The van der Waals surface area contributed by atoms with Gasteiger partial charge in [0.25, 0.3) is 5.56 Å². The second-order valence-electron chi connectivity index (χ2n) is 9.26. The molecule has 5 rings (SSSR count). The highest BCUT2D eigenvalue weighted by molar-refractivity contribution is 7.19. The van der Waals surface area contributed by atoms with Crippen molar-refractivity contribution in [3.63, 3.8) is 0 Å². The van der Waals surface area contributed by atoms with Crippen molar-refractivity contribution in [2.75, 3.05) is 27.4 Å². The Labute approximate surface area is 229 Å². The number of hydrogen-bond acceptors (Lipinski definition) is 7. The van der Waals surface area contributed by atoms with Crippen molar-refractivity contribution < 1.29 is 19.0 Å². The lowest BCUT2D eigenvalue weighted by Crippen LogP contribution is -2.41. The fraction of sp³-hybridized carbons (Fsp3) is 0.345. The van der Waals surface area contributed by atoms with E-state index in [1.807, 2.05) is 25.1 Å². The summed E-state index contributed by atoms with van der Waals surface area (Å²) in [6, 6.07) is 12.5. The van der Waals surface area contributed by atoms with Crippen molar-refractivity contribution in [3.8, 4) is 22.9 Å². The number of ether oxygens (including phenoxy) is 3. The molecule has 4 aromatic rings. The van der Waals surface area contributed by atoms with E-state index in [9.17, 15) is 14.4 Å². The number of thiophene rings is 1. The minimum absolute atomic E-state index is 0.183. The molecule has 1 amide bonds. The maximum absolute atomic E-state index is 13.7. The van der Waals surface area contributed by atoms with E-state index in [0.717, 1.165) is 35.3 Å². The number of methoxy groups -OCH3 is 2. The molecule has 0 saturated heterocycles. The topological polar surface area (TPSA) is 101 Å². The summed E-state index contributed by atoms with van der Waals surface area (Å²) in [4.78, 5) is 42.1. The van der Waals surface area contributed by atoms with Crippen molar-refractivity contribution in [1.82, 2.24) is 14.5 Å². The minimum atomic E-state index is -0.536. The van der Waals surface area contributed by atoms with Gasteiger partial charge >= 0.3 is 5.69 Å². The first-order valence-electron chi connectivity index (χ1n) is 13.0. The minimum Gasteiger partial charge on any atom is -0.494 e. The summed E-state index contributed by atoms with van der Waals surface area (Å²) in [5, 5.41) is 3.45. The summed E-state index contributed by atoms with van der Waals surface area (Å²) < 4.78 is 18.7. The van der Waals surface area contributed by atoms with Crippen LogP contribution in [0.3, 0.4) is 0 Å². The van der Waals surface area contributed by atoms with Gasteiger partial charge in [0.2, 0.25) is 5.91 Å². The monoisotopic (exact) mass is 549 g/mol. The highest BCUT2D eigenvalue weighted by Gasteiger charge is 2.26. The normalized spacial score (nSPS) is 12.4. The van der Waals surface area contributed by atoms with Crippen molar-refractivity contribution in [1.29, 1.82) is 0 Å². The molecule has 0 radical (unpaired) electrons. The fourth-order valence-electron chi connectivity index (χ4n) is 5.01. The van der Waals surface area contributed by atoms with Crippen LogP contribution in [0.25, 0.3) is 15.9 Å². The van der Waals surface area contributed by atoms with Gasteiger partial charge < -0.3 is 19.5 Å². The Morgan fingerprint density at radius 2 is 1.79 bits per heavy atom. The third-order valence-electron chi connectivity index (χ3n) is 6.88. The van der Waals surface area contributed by atoms with Gasteiger partial charge in [-0.25, -0.2) is 9.36 Å². The first-order chi connectivity index (χ1) is 18.9. The quantitative estimate of drug-likeness (QED) is 0.325. The Kier molecular flexibility index (Phi) is 7.74. The number of rotatable bonds is 10. The zero-order valence-electron chi connectivity index (χ0n) is 22.2. The molecule has 204 valence electrons. The van der Waals surface area contributed by atoms with Crippen LogP contribution in [0.15, 0.2) is 52.1 Å². The smallest absolute Gasteiger partial charge is 0.337 e. The van der Waals surface area contributed by atoms with E-state index in [-0.39, 0.29) is 18.0 Å². The Morgan fingerprint density at radius 1 is 1.03 bits per heavy atom. The van der Waals surface area contributed by atoms with E-state index in [4.69, 9.17) is 14.2 Å². The van der Waals surface area contributed by atoms with Crippen LogP contribution < -0.4 is 30.8 Å². The SMILES string of the molecule is CCOc1ccc(-n2c(=O)c3c4c(sc3n(CC(=O)NCCc3ccc(OC)c(OC)c3)c2=O)CCC4)cc1. The molecule has 1 aliphatic carbocycles. The average molecular weight is 550 g/mol. The summed E-state index contributed by atoms with van der Waals surface area (Å²) in [5.41, 5.74) is 1.54. The first-order valence-corrected chi connectivity index (χ1v) is 13.8. The molecule has 0 saturated carbocycles. The largest absolute Gasteiger partial charge is 0.494 e. The second-order valence-corrected chi connectivity index (χ2v) is 10.3. The van der Waals surface area contributed by atoms with Crippen LogP contribution in [0.5, 0.6) is 17.2 Å². The van der Waals surface area contributed by atoms with Crippen molar-refractivity contribution in [2.24, 2.45) is 0 Å². The maximum Gasteiger partial charge on any atom is 0.337 e. The molecule has 2 aromatic carbocycles. The zero-order chi connectivity index (χ0) is 27.5. The molecule has 0 fully saturated rings. The standard InChI is InChI=1S/C29H31N3O6S/c1-4-38-20-11-9-19(10-12-20)32-27(34)26-21-6-5-7-24(21)39-28(26)31(29(32)35)17-25(33)30-15-14-18-8-13-22(36-2)23(16-18)37-3/h8-13,16H,4-7,14-15,17H2,1-3H3,(H,30,33). The van der Waals surface area contributed by atoms with E-state index in [1.54, 1.807) is 38.5 Å². The number of benzene rings is 2. The molecular formula is C29H31N3O6S. The van der Waals surface area contributed by atoms with Crippen LogP contribution in [0, 0.1) is 0 Å². The Bertz CT molecular complexity index is 1630. The second kappa shape index (κ2) is 11.4. The number of nitrogens with zero attached hydrogens (tertiary/aromatic N) is 2. The van der Waals surface area contributed by atoms with Crippen LogP contribution in [0.4, 0.5) is 0 Å². The molecule has 2 heterocycles. The lowest BCUT2D eigenvalue weighted by molar-refractivity contribution is -0.121. The maximum atomic E-state index is 13.7. The molecule has 10 heteroatoms. The Hall–Kier alpha value is -4.05. The van der Waals surface area contributed by atoms with E-state index in [0.29, 0.717) is 52.7 Å². The molecule has 0 unspecified atom stereocenters. The highest BCUT2D eigenvalue weighted by atomic mass is 32.1. The third kappa shape index (κ3) is 5.16. The van der Waals surface area contributed by atoms with Crippen LogP contribution in [0.1, 0.15) is 29.3 Å². The van der Waals surface area contributed by atoms with Crippen LogP contribution in [0.2, 0.25) is 0 Å². The molecule has 0 atom stereocenters. The molecule has 2 aromatic heterocycles. The number of carbonyl (C=O) groups excluding carboxylic acids is 1. The molecule has 1 N–H and O–H groups in total. The zero-order valence-corrected chi connectivity index (χ0v) is 23.1. The molecule has 0 bridgehead atoms. The van der Waals surface area contributed by atoms with Gasteiger partial charge in [0.15, 0.2) is 11.5 Å². The van der Waals surface area contributed by atoms with E-state index >= 15 is 0 Å². The van der Waals surface area contributed by atoms with Gasteiger partial charge in [-0.3, -0.25) is 14.2 Å². The number of amides is 1. The number of aromatic nitrogens is 2. The van der Waals surface area contributed by atoms with Gasteiger partial charge in [-0.2, -0.15) is 0 Å². The summed E-state index contributed by atoms with van der Waals surface area (Å²) >= 11 is 1.45. The Balaban J connectivity index is 1.43. The fourth-order valence-corrected chi connectivity index (χ4v) is 6.39. The number of hydrogen-bond donors (Lipinski definition) is 1. The van der Waals surface area contributed by atoms with Gasteiger partial charge in [0.1, 0.15) is 17.1 Å². The van der Waals surface area contributed by atoms with Crippen LogP contribution >= 0.6 is 11.3 Å². The van der Waals surface area contributed by atoms with E-state index in [1.165, 1.54) is 20.5 Å². The molecular weight excluding hydrogens is 518 g/mol. The number of aryl methyl sites for hydroxylation is 2. The number of fused-ring (bicyclic) bond motifs is 3. The summed E-state index contributed by atoms with van der Waals surface area (Å²) in [7, 11) is 3.16. The third-order valence-corrected chi connectivity index (χ3v) is 8.19. The molecule has 0 aliphatic heterocycles. The lowest BCUT2D eigenvalue weighted by Gasteiger charge is -2.14. The molecule has 0 spiro atoms. The number of nitrogens with one attached hydrogen (secondary N) is 1. The van der Waals surface area contributed by atoms with Crippen LogP contribution in [-0.2, 0) is 30.6 Å². The van der Waals surface area contributed by atoms with E-state index < -0.39 is 5.69 Å². The van der Waals surface area contributed by atoms with Gasteiger partial charge in [-0.15, -0.1) is 11.3 Å². The summed E-state index contributed by atoms with van der Waals surface area (Å²) in [5.74, 6) is 1.61. The van der Waals surface area contributed by atoms with Gasteiger partial charge in [0, 0.05) is 11.4 Å². The van der Waals surface area contributed by atoms with Crippen molar-refractivity contribution >= 4 is 27.5 Å². The molecule has 39 heavy (non-hydrogen) atoms. The predicted octanol–water partition coefficient (Wildman–Crippen LogP) is 3.48. The van der Waals surface area contributed by atoms with Crippen LogP contribution in [-0.4, -0.2) is 42.4 Å². The summed E-state index contributed by atoms with van der Waals surface area (Å²) in [6.07, 6.45) is 3.23. The molecule has 1 aliphatic rings. The number of carbonyl (C=O) groups is 1. The van der Waals surface area contributed by atoms with Crippen molar-refractivity contribution in [2.45, 2.75) is 39.2 Å². The predicted molar refractivity (Wildman–Crippen MR) is 151 cm³/mol. The summed E-state index contributed by atoms with van der Waals surface area (Å²) in [6.45, 7) is 2.60.